The van der Waals surface area contributed by atoms with Crippen LogP contribution in [0, 0.1) is 0 Å². The Morgan fingerprint density at radius 2 is 0.463 bits per heavy atom. The van der Waals surface area contributed by atoms with Crippen molar-refractivity contribution in [3.8, 4) is 90.5 Å². The molecule has 9 rings (SSSR count). The summed E-state index contributed by atoms with van der Waals surface area (Å²) in [5.74, 6) is -5.79. The largest absolute Gasteiger partial charge is 0.423 e. The monoisotopic (exact) mass is 1080 g/mol. The van der Waals surface area contributed by atoms with Crippen LogP contribution in [0.5, 0.6) is 46.0 Å². The predicted molar refractivity (Wildman–Crippen MR) is 291 cm³/mol. The van der Waals surface area contributed by atoms with E-state index in [2.05, 4.69) is 9.97 Å². The molecule has 20 nitrogen and oxygen atoms in total. The molecule has 0 spiro atoms. The molecule has 2 aliphatic rings. The summed E-state index contributed by atoms with van der Waals surface area (Å²) in [6, 6.07) is 25.8. The third kappa shape index (κ3) is 11.9. The van der Waals surface area contributed by atoms with E-state index in [1.54, 1.807) is 72.8 Å². The van der Waals surface area contributed by atoms with Crippen molar-refractivity contribution in [1.82, 2.24) is 19.9 Å². The molecule has 20 heteroatoms. The maximum atomic E-state index is 12.5. The number of aromatic nitrogens is 4. The van der Waals surface area contributed by atoms with E-state index in [1.165, 1.54) is 104 Å². The number of hydrogen-bond donors (Lipinski definition) is 2. The summed E-state index contributed by atoms with van der Waals surface area (Å²) < 4.78 is 44.1. The van der Waals surface area contributed by atoms with Crippen molar-refractivity contribution >= 4 is 94.1 Å². The number of hydrogen-bond acceptors (Lipinski definition) is 18. The van der Waals surface area contributed by atoms with Crippen molar-refractivity contribution in [3.63, 3.8) is 0 Å². The minimum Gasteiger partial charge on any atom is -0.423 e. The number of rotatable bonds is 12. The Morgan fingerprint density at radius 1 is 0.275 bits per heavy atom. The summed E-state index contributed by atoms with van der Waals surface area (Å²) in [4.78, 5) is 117. The zero-order valence-corrected chi connectivity index (χ0v) is 44.0. The highest BCUT2D eigenvalue weighted by Crippen LogP contribution is 2.44. The molecule has 0 amide bonds. The summed E-state index contributed by atoms with van der Waals surface area (Å²) in [6.45, 7) is 9.65. The van der Waals surface area contributed by atoms with E-state index < -0.39 is 47.8 Å². The molecule has 7 aromatic rings. The molecule has 0 radical (unpaired) electrons. The van der Waals surface area contributed by atoms with Gasteiger partial charge < -0.3 is 47.9 Å². The molecule has 2 N–H and O–H groups in total. The first-order valence-corrected chi connectivity index (χ1v) is 24.4. The summed E-state index contributed by atoms with van der Waals surface area (Å²) >= 11 is 0. The molecular formula is C60H46N4O16. The number of fused-ring (bicyclic) bond motifs is 8. The van der Waals surface area contributed by atoms with Gasteiger partial charge in [0.15, 0.2) is 46.0 Å². The van der Waals surface area contributed by atoms with Gasteiger partial charge in [0.1, 0.15) is 0 Å². The van der Waals surface area contributed by atoms with Crippen LogP contribution in [0.3, 0.4) is 0 Å². The Balaban J connectivity index is 1.46. The number of esters is 8. The van der Waals surface area contributed by atoms with Crippen LogP contribution in [0.4, 0.5) is 0 Å². The molecule has 0 fully saturated rings. The second-order valence-corrected chi connectivity index (χ2v) is 17.9. The van der Waals surface area contributed by atoms with Gasteiger partial charge >= 0.3 is 47.8 Å². The van der Waals surface area contributed by atoms with Gasteiger partial charge in [-0.1, -0.05) is 24.3 Å². The van der Waals surface area contributed by atoms with Crippen molar-refractivity contribution in [1.29, 1.82) is 0 Å². The van der Waals surface area contributed by atoms with Crippen LogP contribution in [-0.4, -0.2) is 67.7 Å². The molecule has 0 aliphatic carbocycles. The Hall–Kier alpha value is -10.8. The van der Waals surface area contributed by atoms with Crippen LogP contribution in [0.2, 0.25) is 0 Å². The van der Waals surface area contributed by atoms with Gasteiger partial charge in [0, 0.05) is 99.7 Å². The minimum atomic E-state index is -0.690. The molecule has 3 aromatic heterocycles. The number of nitrogens with zero attached hydrogens (tertiary/aromatic N) is 2. The molecule has 0 saturated carbocycles. The zero-order valence-electron chi connectivity index (χ0n) is 44.0. The van der Waals surface area contributed by atoms with Crippen LogP contribution in [0.25, 0.3) is 90.9 Å². The molecule has 80 heavy (non-hydrogen) atoms. The Bertz CT molecular complexity index is 3560. The fourth-order valence-electron chi connectivity index (χ4n) is 8.97. The number of carbonyl (C=O) groups is 8. The lowest BCUT2D eigenvalue weighted by atomic mass is 10.0. The molecule has 8 bridgehead atoms. The first-order valence-electron chi connectivity index (χ1n) is 24.4. The van der Waals surface area contributed by atoms with Gasteiger partial charge in [-0.05, 0) is 119 Å². The number of carbonyl (C=O) groups excluding carboxylic acids is 8. The normalized spacial score (nSPS) is 11.3. The van der Waals surface area contributed by atoms with Crippen LogP contribution < -0.4 is 37.9 Å². The number of H-pyrrole nitrogens is 2. The fourth-order valence-corrected chi connectivity index (χ4v) is 8.97. The van der Waals surface area contributed by atoms with Crippen molar-refractivity contribution in [3.05, 3.63) is 120 Å². The van der Waals surface area contributed by atoms with E-state index >= 15 is 0 Å². The minimum absolute atomic E-state index is 0.0267. The van der Waals surface area contributed by atoms with Crippen molar-refractivity contribution < 1.29 is 76.3 Å². The smallest absolute Gasteiger partial charge is 0.308 e. The predicted octanol–water partition coefficient (Wildman–Crippen LogP) is 10.7. The van der Waals surface area contributed by atoms with Gasteiger partial charge in [0.05, 0.1) is 22.8 Å². The van der Waals surface area contributed by atoms with E-state index in [-0.39, 0.29) is 46.0 Å². The van der Waals surface area contributed by atoms with Crippen molar-refractivity contribution in [2.24, 2.45) is 0 Å². The topological polar surface area (TPSA) is 268 Å². The number of nitrogens with one attached hydrogen (secondary N) is 2. The van der Waals surface area contributed by atoms with Crippen LogP contribution in [-0.2, 0) is 38.4 Å². The van der Waals surface area contributed by atoms with Crippen molar-refractivity contribution in [2.75, 3.05) is 0 Å². The molecule has 0 atom stereocenters. The highest BCUT2D eigenvalue weighted by atomic mass is 16.6. The Kier molecular flexibility index (Phi) is 15.2. The maximum absolute atomic E-state index is 12.5. The van der Waals surface area contributed by atoms with Crippen molar-refractivity contribution in [2.45, 2.75) is 55.4 Å². The third-order valence-corrected chi connectivity index (χ3v) is 11.7. The standard InChI is InChI=1S/C60H46N4O16/c1-29(65)73-49-21-9-37(25-53(49)77-33(5)69)57-41-13-15-43(61-41)58(38-10-22-50(74-30(2)66)54(26-38)78-34(6)70)45-17-19-47(63-45)60(40-12-24-52(76-32(4)68)56(28-40)80-36(8)72)48-20-18-46(64-48)59(44-16-14-42(57)62-44)39-11-23-51(75-31(3)67)55(27-39)79-35(7)71/h9-28,61,64H,1-8H3. The fraction of sp³-hybridized carbons (Fsp3) is 0.133. The molecule has 5 heterocycles. The van der Waals surface area contributed by atoms with Gasteiger partial charge in [-0.15, -0.1) is 0 Å². The molecular weight excluding hydrogens is 1030 g/mol. The SMILES string of the molecule is CC(=O)Oc1ccc(-c2c3nc(c(-c4ccc(OC(C)=O)c(OC(C)=O)c4)c4ccc([nH]4)c(-c4ccc(OC(C)=O)c(OC(C)=O)c4)c4nc(c(-c5ccc(OC(C)=O)c(OC(C)=O)c5)c5ccc2[nH]5)C=C4)C=C3)cc1OC(C)=O. The van der Waals surface area contributed by atoms with E-state index in [0.29, 0.717) is 89.4 Å². The Labute approximate surface area is 454 Å². The molecule has 4 aromatic carbocycles. The van der Waals surface area contributed by atoms with Gasteiger partial charge in [0.2, 0.25) is 0 Å². The van der Waals surface area contributed by atoms with E-state index in [1.807, 2.05) is 0 Å². The summed E-state index contributed by atoms with van der Waals surface area (Å²) in [6.07, 6.45) is 7.02. The van der Waals surface area contributed by atoms with Gasteiger partial charge in [-0.25, -0.2) is 9.97 Å². The quantitative estimate of drug-likeness (QED) is 0.0850. The maximum Gasteiger partial charge on any atom is 0.308 e. The van der Waals surface area contributed by atoms with Gasteiger partial charge in [0.25, 0.3) is 0 Å². The highest BCUT2D eigenvalue weighted by molar-refractivity contribution is 6.01. The summed E-state index contributed by atoms with van der Waals surface area (Å²) in [5.41, 5.74) is 6.85. The van der Waals surface area contributed by atoms with Gasteiger partial charge in [-0.3, -0.25) is 38.4 Å². The molecule has 2 aliphatic heterocycles. The average Bonchev–Trinajstić information content (AvgIpc) is 4.22. The second kappa shape index (κ2) is 22.4. The third-order valence-electron chi connectivity index (χ3n) is 11.7. The average molecular weight is 1080 g/mol. The molecule has 0 unspecified atom stereocenters. The van der Waals surface area contributed by atoms with E-state index in [9.17, 15) is 38.4 Å². The molecule has 402 valence electrons. The number of aromatic amines is 2. The highest BCUT2D eigenvalue weighted by Gasteiger charge is 2.24. The first-order chi connectivity index (χ1) is 38.2. The lowest BCUT2D eigenvalue weighted by Gasteiger charge is -2.13. The second-order valence-electron chi connectivity index (χ2n) is 17.9. The van der Waals surface area contributed by atoms with Crippen LogP contribution in [0.15, 0.2) is 97.1 Å². The summed E-state index contributed by atoms with van der Waals surface area (Å²) in [5, 5.41) is 0. The first kappa shape index (κ1) is 54.0. The lowest BCUT2D eigenvalue weighted by molar-refractivity contribution is -0.134. The Morgan fingerprint density at radius 3 is 0.650 bits per heavy atom. The van der Waals surface area contributed by atoms with Crippen LogP contribution >= 0.6 is 0 Å². The number of benzene rings is 4. The van der Waals surface area contributed by atoms with E-state index in [4.69, 9.17) is 47.9 Å². The summed E-state index contributed by atoms with van der Waals surface area (Å²) in [7, 11) is 0. The molecule has 0 saturated heterocycles. The van der Waals surface area contributed by atoms with Gasteiger partial charge in [-0.2, -0.15) is 0 Å². The van der Waals surface area contributed by atoms with Crippen LogP contribution in [0.1, 0.15) is 78.2 Å². The lowest BCUT2D eigenvalue weighted by Crippen LogP contribution is -2.07. The zero-order chi connectivity index (χ0) is 57.1. The van der Waals surface area contributed by atoms with E-state index in [0.717, 1.165) is 0 Å². The number of ether oxygens (including phenoxy) is 8.